The van der Waals surface area contributed by atoms with E-state index in [1.54, 1.807) is 30.3 Å². The third-order valence-electron chi connectivity index (χ3n) is 5.72. The number of ether oxygens (including phenoxy) is 1. The van der Waals surface area contributed by atoms with Crippen molar-refractivity contribution < 1.29 is 32.6 Å². The lowest BCUT2D eigenvalue weighted by molar-refractivity contribution is -0.138. The first kappa shape index (κ1) is 26.8. The predicted octanol–water partition coefficient (Wildman–Crippen LogP) is 6.66. The van der Waals surface area contributed by atoms with Crippen LogP contribution in [0.1, 0.15) is 53.4 Å². The van der Waals surface area contributed by atoms with Gasteiger partial charge in [0.2, 0.25) is 0 Å². The Bertz CT molecular complexity index is 1200. The largest absolute Gasteiger partial charge is 0.485 e. The maximum absolute atomic E-state index is 12.9. The Labute approximate surface area is 207 Å². The fourth-order valence-electron chi connectivity index (χ4n) is 3.82. The molecule has 0 saturated carbocycles. The molecule has 0 fully saturated rings. The van der Waals surface area contributed by atoms with Crippen LogP contribution >= 0.6 is 0 Å². The highest BCUT2D eigenvalue weighted by molar-refractivity contribution is 5.94. The topological polar surface area (TPSA) is 75.6 Å². The molecule has 3 aromatic rings. The second-order valence-corrected chi connectivity index (χ2v) is 8.86. The lowest BCUT2D eigenvalue weighted by Crippen LogP contribution is -2.26. The van der Waals surface area contributed by atoms with Gasteiger partial charge in [-0.25, -0.2) is 0 Å². The van der Waals surface area contributed by atoms with E-state index in [1.165, 1.54) is 12.1 Å². The van der Waals surface area contributed by atoms with Gasteiger partial charge in [-0.15, -0.1) is 0 Å². The number of rotatable bonds is 9. The summed E-state index contributed by atoms with van der Waals surface area (Å²) < 4.78 is 44.9. The molecule has 0 aliphatic rings. The SMILES string of the molecule is Cc1cc(OC(c2ccc(C(=O)NCCC(=O)O)cc2)C(C)C)ccc1-c1ccc(C(F)(F)F)cc1. The summed E-state index contributed by atoms with van der Waals surface area (Å²) in [5.74, 6) is -0.600. The number of nitrogens with one attached hydrogen (secondary N) is 1. The van der Waals surface area contributed by atoms with Gasteiger partial charge < -0.3 is 15.2 Å². The Morgan fingerprint density at radius 1 is 0.972 bits per heavy atom. The first-order valence-electron chi connectivity index (χ1n) is 11.5. The standard InChI is InChI=1S/C28H28F3NO4/c1-17(2)26(20-4-6-21(7-5-20)27(35)32-15-14-25(33)34)36-23-12-13-24(18(3)16-23)19-8-10-22(11-9-19)28(29,30)31/h4-13,16-17,26H,14-15H2,1-3H3,(H,32,35)(H,33,34). The molecule has 36 heavy (non-hydrogen) atoms. The first-order valence-corrected chi connectivity index (χ1v) is 11.5. The molecule has 0 bridgehead atoms. The summed E-state index contributed by atoms with van der Waals surface area (Å²) in [4.78, 5) is 22.8. The molecule has 0 spiro atoms. The van der Waals surface area contributed by atoms with Crippen LogP contribution in [0.4, 0.5) is 13.2 Å². The number of halogens is 3. The van der Waals surface area contributed by atoms with E-state index in [0.717, 1.165) is 28.8 Å². The van der Waals surface area contributed by atoms with E-state index in [-0.39, 0.29) is 30.9 Å². The molecule has 3 aromatic carbocycles. The Morgan fingerprint density at radius 2 is 1.61 bits per heavy atom. The Hall–Kier alpha value is -3.81. The van der Waals surface area contributed by atoms with Gasteiger partial charge in [0.15, 0.2) is 0 Å². The summed E-state index contributed by atoms with van der Waals surface area (Å²) in [6.45, 7) is 5.96. The van der Waals surface area contributed by atoms with E-state index in [1.807, 2.05) is 32.9 Å². The molecule has 0 radical (unpaired) electrons. The van der Waals surface area contributed by atoms with Gasteiger partial charge in [-0.1, -0.05) is 44.2 Å². The van der Waals surface area contributed by atoms with E-state index < -0.39 is 17.7 Å². The summed E-state index contributed by atoms with van der Waals surface area (Å²) >= 11 is 0. The number of alkyl halides is 3. The van der Waals surface area contributed by atoms with Crippen molar-refractivity contribution in [2.24, 2.45) is 5.92 Å². The smallest absolute Gasteiger partial charge is 0.416 e. The lowest BCUT2D eigenvalue weighted by atomic mass is 9.97. The molecule has 190 valence electrons. The van der Waals surface area contributed by atoms with Gasteiger partial charge >= 0.3 is 12.1 Å². The summed E-state index contributed by atoms with van der Waals surface area (Å²) in [6.07, 6.45) is -4.82. The van der Waals surface area contributed by atoms with Crippen LogP contribution in [0, 0.1) is 12.8 Å². The van der Waals surface area contributed by atoms with E-state index in [0.29, 0.717) is 16.9 Å². The second kappa shape index (κ2) is 11.3. The zero-order valence-electron chi connectivity index (χ0n) is 20.2. The van der Waals surface area contributed by atoms with Crippen molar-refractivity contribution in [1.29, 1.82) is 0 Å². The lowest BCUT2D eigenvalue weighted by Gasteiger charge is -2.24. The first-order chi connectivity index (χ1) is 17.0. The van der Waals surface area contributed by atoms with Crippen LogP contribution in [0.2, 0.25) is 0 Å². The van der Waals surface area contributed by atoms with E-state index in [2.05, 4.69) is 5.32 Å². The predicted molar refractivity (Wildman–Crippen MR) is 131 cm³/mol. The number of hydrogen-bond acceptors (Lipinski definition) is 3. The number of benzene rings is 3. The van der Waals surface area contributed by atoms with Crippen LogP contribution < -0.4 is 10.1 Å². The van der Waals surface area contributed by atoms with E-state index >= 15 is 0 Å². The van der Waals surface area contributed by atoms with Crippen molar-refractivity contribution in [1.82, 2.24) is 5.32 Å². The molecule has 1 amide bonds. The molecule has 1 unspecified atom stereocenters. The maximum atomic E-state index is 12.9. The van der Waals surface area contributed by atoms with Gasteiger partial charge in [0.25, 0.3) is 5.91 Å². The van der Waals surface area contributed by atoms with Gasteiger partial charge in [-0.3, -0.25) is 9.59 Å². The average Bonchev–Trinajstić information content (AvgIpc) is 2.82. The second-order valence-electron chi connectivity index (χ2n) is 8.86. The van der Waals surface area contributed by atoms with Gasteiger partial charge in [-0.2, -0.15) is 13.2 Å². The quantitative estimate of drug-likeness (QED) is 0.345. The van der Waals surface area contributed by atoms with Crippen LogP contribution in [0.15, 0.2) is 66.7 Å². The number of carbonyl (C=O) groups is 2. The Kier molecular flexibility index (Phi) is 8.40. The Morgan fingerprint density at radius 3 is 2.14 bits per heavy atom. The number of carboxylic acid groups (broad SMARTS) is 1. The average molecular weight is 500 g/mol. The molecule has 0 aliphatic heterocycles. The number of hydrogen-bond donors (Lipinski definition) is 2. The van der Waals surface area contributed by atoms with Crippen LogP contribution in [0.5, 0.6) is 5.75 Å². The van der Waals surface area contributed by atoms with Crippen LogP contribution in [0.25, 0.3) is 11.1 Å². The summed E-state index contributed by atoms with van der Waals surface area (Å²) in [7, 11) is 0. The summed E-state index contributed by atoms with van der Waals surface area (Å²) in [5, 5.41) is 11.3. The van der Waals surface area contributed by atoms with Crippen LogP contribution in [-0.4, -0.2) is 23.5 Å². The molecule has 0 aromatic heterocycles. The van der Waals surface area contributed by atoms with E-state index in [9.17, 15) is 22.8 Å². The van der Waals surface area contributed by atoms with Gasteiger partial charge in [0, 0.05) is 12.1 Å². The van der Waals surface area contributed by atoms with Crippen LogP contribution in [0.3, 0.4) is 0 Å². The third-order valence-corrected chi connectivity index (χ3v) is 5.72. The van der Waals surface area contributed by atoms with E-state index in [4.69, 9.17) is 9.84 Å². The summed E-state index contributed by atoms with van der Waals surface area (Å²) in [6, 6.07) is 17.5. The number of amides is 1. The molecule has 0 saturated heterocycles. The summed E-state index contributed by atoms with van der Waals surface area (Å²) in [5.41, 5.74) is 2.97. The number of aliphatic carboxylic acids is 1. The third kappa shape index (κ3) is 6.87. The van der Waals surface area contributed by atoms with Crippen molar-refractivity contribution >= 4 is 11.9 Å². The number of aryl methyl sites for hydroxylation is 1. The fraction of sp³-hybridized carbons (Fsp3) is 0.286. The van der Waals surface area contributed by atoms with Crippen LogP contribution in [-0.2, 0) is 11.0 Å². The van der Waals surface area contributed by atoms with Crippen molar-refractivity contribution in [3.63, 3.8) is 0 Å². The number of carbonyl (C=O) groups excluding carboxylic acids is 1. The minimum absolute atomic E-state index is 0.0511. The number of carboxylic acids is 1. The highest BCUT2D eigenvalue weighted by Crippen LogP contribution is 2.34. The van der Waals surface area contributed by atoms with Gasteiger partial charge in [0.1, 0.15) is 11.9 Å². The molecular formula is C28H28F3NO4. The molecule has 8 heteroatoms. The fourth-order valence-corrected chi connectivity index (χ4v) is 3.82. The van der Waals surface area contributed by atoms with Gasteiger partial charge in [0.05, 0.1) is 12.0 Å². The highest BCUT2D eigenvalue weighted by atomic mass is 19.4. The highest BCUT2D eigenvalue weighted by Gasteiger charge is 2.30. The Balaban J connectivity index is 1.73. The molecule has 1 atom stereocenters. The monoisotopic (exact) mass is 499 g/mol. The van der Waals surface area contributed by atoms with Gasteiger partial charge in [-0.05, 0) is 71.5 Å². The molecule has 0 heterocycles. The van der Waals surface area contributed by atoms with Crippen molar-refractivity contribution in [3.8, 4) is 16.9 Å². The zero-order chi connectivity index (χ0) is 26.5. The molecular weight excluding hydrogens is 471 g/mol. The maximum Gasteiger partial charge on any atom is 0.416 e. The normalized spacial score (nSPS) is 12.3. The minimum atomic E-state index is -4.38. The van der Waals surface area contributed by atoms with Crippen molar-refractivity contribution in [2.45, 2.75) is 39.5 Å². The molecule has 5 nitrogen and oxygen atoms in total. The van der Waals surface area contributed by atoms with Crippen molar-refractivity contribution in [2.75, 3.05) is 6.54 Å². The van der Waals surface area contributed by atoms with Crippen molar-refractivity contribution in [3.05, 3.63) is 89.0 Å². The molecule has 3 rings (SSSR count). The molecule has 0 aliphatic carbocycles. The minimum Gasteiger partial charge on any atom is -0.485 e. The molecule has 2 N–H and O–H groups in total. The zero-order valence-corrected chi connectivity index (χ0v) is 20.2.